The molecule has 1 N–H and O–H groups in total. The predicted octanol–water partition coefficient (Wildman–Crippen LogP) is 0.980. The number of rotatable bonds is 2. The molecule has 3 rings (SSSR count). The highest BCUT2D eigenvalue weighted by Crippen LogP contribution is 2.45. The van der Waals surface area contributed by atoms with Crippen LogP contribution in [0.5, 0.6) is 0 Å². The van der Waals surface area contributed by atoms with E-state index in [9.17, 15) is 14.7 Å². The molecular formula is C14H23N3O3S. The second-order valence-corrected chi connectivity index (χ2v) is 7.56. The Hall–Kier alpha value is -0.950. The quantitative estimate of drug-likeness (QED) is 0.823. The van der Waals surface area contributed by atoms with Crippen LogP contribution in [0.3, 0.4) is 0 Å². The number of carboxylic acid groups (broad SMARTS) is 1. The van der Waals surface area contributed by atoms with Crippen LogP contribution in [0.25, 0.3) is 0 Å². The van der Waals surface area contributed by atoms with Crippen LogP contribution < -0.4 is 0 Å². The highest BCUT2D eigenvalue weighted by Gasteiger charge is 2.49. The molecule has 3 fully saturated rings. The van der Waals surface area contributed by atoms with Gasteiger partial charge in [0.15, 0.2) is 0 Å². The number of aliphatic carboxylic acids is 1. The number of carbonyl (C=O) groups excluding carboxylic acids is 1. The first-order valence-electron chi connectivity index (χ1n) is 7.61. The van der Waals surface area contributed by atoms with Gasteiger partial charge in [0.05, 0.1) is 5.37 Å². The Morgan fingerprint density at radius 1 is 1.24 bits per heavy atom. The van der Waals surface area contributed by atoms with E-state index in [-0.39, 0.29) is 17.4 Å². The molecule has 0 aromatic carbocycles. The molecule has 118 valence electrons. The summed E-state index contributed by atoms with van der Waals surface area (Å²) in [5.41, 5.74) is 0. The van der Waals surface area contributed by atoms with E-state index >= 15 is 0 Å². The Kier molecular flexibility index (Phi) is 4.05. The number of carbonyl (C=O) groups is 2. The molecule has 6 nitrogen and oxygen atoms in total. The lowest BCUT2D eigenvalue weighted by atomic mass is 10.2. The minimum Gasteiger partial charge on any atom is -0.480 e. The van der Waals surface area contributed by atoms with Crippen LogP contribution in [0.4, 0.5) is 4.79 Å². The SMILES string of the molecule is CC1CN(C)CCN1C(=O)N1C(C(=O)O)CSC1C1CC1. The summed E-state index contributed by atoms with van der Waals surface area (Å²) in [6.45, 7) is 4.42. The normalized spacial score (nSPS) is 34.3. The lowest BCUT2D eigenvalue weighted by Crippen LogP contribution is -2.59. The first-order chi connectivity index (χ1) is 9.99. The lowest BCUT2D eigenvalue weighted by molar-refractivity contribution is -0.141. The van der Waals surface area contributed by atoms with Crippen LogP contribution in [0.1, 0.15) is 19.8 Å². The summed E-state index contributed by atoms with van der Waals surface area (Å²) in [4.78, 5) is 30.1. The van der Waals surface area contributed by atoms with Crippen LogP contribution in [-0.2, 0) is 4.79 Å². The van der Waals surface area contributed by atoms with Crippen molar-refractivity contribution in [2.75, 3.05) is 32.4 Å². The summed E-state index contributed by atoms with van der Waals surface area (Å²) >= 11 is 1.64. The summed E-state index contributed by atoms with van der Waals surface area (Å²) in [7, 11) is 2.05. The van der Waals surface area contributed by atoms with Crippen molar-refractivity contribution in [3.05, 3.63) is 0 Å². The van der Waals surface area contributed by atoms with Crippen LogP contribution in [-0.4, -0.2) is 81.7 Å². The molecule has 3 aliphatic rings. The smallest absolute Gasteiger partial charge is 0.327 e. The molecule has 2 saturated heterocycles. The topological polar surface area (TPSA) is 64.1 Å². The number of nitrogens with zero attached hydrogens (tertiary/aromatic N) is 3. The van der Waals surface area contributed by atoms with Gasteiger partial charge in [0.2, 0.25) is 0 Å². The number of thioether (sulfide) groups is 1. The first-order valence-corrected chi connectivity index (χ1v) is 8.66. The molecule has 1 saturated carbocycles. The number of hydrogen-bond acceptors (Lipinski definition) is 4. The maximum atomic E-state index is 12.9. The van der Waals surface area contributed by atoms with E-state index < -0.39 is 12.0 Å². The Balaban J connectivity index is 1.77. The molecule has 2 heterocycles. The maximum Gasteiger partial charge on any atom is 0.327 e. The molecule has 0 radical (unpaired) electrons. The van der Waals surface area contributed by atoms with E-state index in [4.69, 9.17) is 0 Å². The van der Waals surface area contributed by atoms with Crippen molar-refractivity contribution >= 4 is 23.8 Å². The van der Waals surface area contributed by atoms with Crippen molar-refractivity contribution < 1.29 is 14.7 Å². The van der Waals surface area contributed by atoms with Crippen molar-refractivity contribution in [1.82, 2.24) is 14.7 Å². The highest BCUT2D eigenvalue weighted by molar-refractivity contribution is 8.00. The Bertz CT molecular complexity index is 443. The van der Waals surface area contributed by atoms with Crippen LogP contribution in [0.2, 0.25) is 0 Å². The second kappa shape index (κ2) is 5.68. The Labute approximate surface area is 129 Å². The van der Waals surface area contributed by atoms with Gasteiger partial charge in [-0.1, -0.05) is 0 Å². The van der Waals surface area contributed by atoms with Crippen molar-refractivity contribution in [3.8, 4) is 0 Å². The van der Waals surface area contributed by atoms with E-state index in [1.807, 2.05) is 11.8 Å². The zero-order chi connectivity index (χ0) is 15.1. The lowest BCUT2D eigenvalue weighted by Gasteiger charge is -2.41. The van der Waals surface area contributed by atoms with E-state index in [0.717, 1.165) is 25.9 Å². The second-order valence-electron chi connectivity index (χ2n) is 6.41. The number of amides is 2. The largest absolute Gasteiger partial charge is 0.480 e. The number of urea groups is 1. The fourth-order valence-corrected chi connectivity index (χ4v) is 4.90. The van der Waals surface area contributed by atoms with E-state index in [2.05, 4.69) is 11.9 Å². The standard InChI is InChI=1S/C14H23N3O3S/c1-9-7-15(2)5-6-16(9)14(20)17-11(13(18)19)8-21-12(17)10-3-4-10/h9-12H,3-8H2,1-2H3,(H,18,19). The molecule has 3 atom stereocenters. The molecule has 0 aromatic rings. The first kappa shape index (κ1) is 15.0. The summed E-state index contributed by atoms with van der Waals surface area (Å²) in [5.74, 6) is 0.136. The molecule has 1 aliphatic carbocycles. The molecule has 7 heteroatoms. The molecule has 3 unspecified atom stereocenters. The fraction of sp³-hybridized carbons (Fsp3) is 0.857. The molecular weight excluding hydrogens is 290 g/mol. The van der Waals surface area contributed by atoms with Gasteiger partial charge < -0.3 is 14.9 Å². The minimum atomic E-state index is -0.874. The fourth-order valence-electron chi connectivity index (χ4n) is 3.28. The van der Waals surface area contributed by atoms with Crippen molar-refractivity contribution in [1.29, 1.82) is 0 Å². The van der Waals surface area contributed by atoms with Crippen LogP contribution in [0.15, 0.2) is 0 Å². The van der Waals surface area contributed by atoms with E-state index in [1.54, 1.807) is 16.7 Å². The number of piperazine rings is 1. The zero-order valence-electron chi connectivity index (χ0n) is 12.6. The van der Waals surface area contributed by atoms with Gasteiger partial charge >= 0.3 is 12.0 Å². The number of likely N-dealkylation sites (N-methyl/N-ethyl adjacent to an activating group) is 1. The molecule has 2 aliphatic heterocycles. The van der Waals surface area contributed by atoms with Crippen LogP contribution >= 0.6 is 11.8 Å². The summed E-state index contributed by atoms with van der Waals surface area (Å²) < 4.78 is 0. The molecule has 0 aromatic heterocycles. The number of carboxylic acids is 1. The van der Waals surface area contributed by atoms with Gasteiger partial charge in [-0.3, -0.25) is 4.90 Å². The maximum absolute atomic E-state index is 12.9. The molecule has 21 heavy (non-hydrogen) atoms. The highest BCUT2D eigenvalue weighted by atomic mass is 32.2. The third kappa shape index (κ3) is 2.85. The van der Waals surface area contributed by atoms with Crippen molar-refractivity contribution in [2.45, 2.75) is 37.2 Å². The molecule has 2 amide bonds. The number of hydrogen-bond donors (Lipinski definition) is 1. The van der Waals surface area contributed by atoms with Crippen LogP contribution in [0, 0.1) is 5.92 Å². The van der Waals surface area contributed by atoms with Crippen molar-refractivity contribution in [3.63, 3.8) is 0 Å². The Morgan fingerprint density at radius 2 is 1.95 bits per heavy atom. The zero-order valence-corrected chi connectivity index (χ0v) is 13.4. The van der Waals surface area contributed by atoms with Gasteiger partial charge in [-0.15, -0.1) is 11.8 Å². The summed E-state index contributed by atoms with van der Waals surface area (Å²) in [6.07, 6.45) is 2.23. The average molecular weight is 313 g/mol. The average Bonchev–Trinajstić information content (AvgIpc) is 3.16. The summed E-state index contributed by atoms with van der Waals surface area (Å²) in [6, 6.07) is -0.610. The van der Waals surface area contributed by atoms with Gasteiger partial charge in [-0.05, 0) is 32.7 Å². The minimum absolute atomic E-state index is 0.0606. The van der Waals surface area contributed by atoms with Gasteiger partial charge in [0.1, 0.15) is 6.04 Å². The van der Waals surface area contributed by atoms with Gasteiger partial charge in [-0.25, -0.2) is 9.59 Å². The van der Waals surface area contributed by atoms with E-state index in [1.165, 1.54) is 0 Å². The Morgan fingerprint density at radius 3 is 2.52 bits per heavy atom. The third-order valence-corrected chi connectivity index (χ3v) is 6.10. The predicted molar refractivity (Wildman–Crippen MR) is 81.3 cm³/mol. The van der Waals surface area contributed by atoms with Gasteiger partial charge in [-0.2, -0.15) is 0 Å². The summed E-state index contributed by atoms with van der Waals surface area (Å²) in [5, 5.41) is 9.49. The van der Waals surface area contributed by atoms with Gasteiger partial charge in [0.25, 0.3) is 0 Å². The van der Waals surface area contributed by atoms with Crippen molar-refractivity contribution in [2.24, 2.45) is 5.92 Å². The molecule has 0 bridgehead atoms. The third-order valence-electron chi connectivity index (χ3n) is 4.64. The van der Waals surface area contributed by atoms with Gasteiger partial charge in [0, 0.05) is 31.4 Å². The monoisotopic (exact) mass is 313 g/mol. The molecule has 0 spiro atoms. The van der Waals surface area contributed by atoms with E-state index in [0.29, 0.717) is 18.2 Å².